The van der Waals surface area contributed by atoms with E-state index >= 15 is 0 Å². The highest BCUT2D eigenvalue weighted by Gasteiger charge is 2.41. The van der Waals surface area contributed by atoms with E-state index in [-0.39, 0.29) is 11.6 Å². The molecule has 0 radical (unpaired) electrons. The molecule has 2 atom stereocenters. The molecule has 1 aliphatic heterocycles. The molecule has 106 valence electrons. The Morgan fingerprint density at radius 2 is 2.21 bits per heavy atom. The van der Waals surface area contributed by atoms with Crippen molar-refractivity contribution in [1.29, 1.82) is 0 Å². The van der Waals surface area contributed by atoms with Gasteiger partial charge in [0, 0.05) is 6.61 Å². The Labute approximate surface area is 113 Å². The zero-order valence-corrected chi connectivity index (χ0v) is 11.9. The van der Waals surface area contributed by atoms with Gasteiger partial charge in [-0.25, -0.2) is 4.98 Å². The molecule has 0 saturated carbocycles. The average Bonchev–Trinajstić information content (AvgIpc) is 2.87. The number of hydrogen-bond donors (Lipinski definition) is 1. The summed E-state index contributed by atoms with van der Waals surface area (Å²) in [5.41, 5.74) is 0.459. The van der Waals surface area contributed by atoms with E-state index < -0.39 is 0 Å². The van der Waals surface area contributed by atoms with Crippen molar-refractivity contribution in [3.63, 3.8) is 0 Å². The van der Waals surface area contributed by atoms with Crippen LogP contribution in [0.3, 0.4) is 0 Å². The van der Waals surface area contributed by atoms with E-state index in [0.29, 0.717) is 11.8 Å². The van der Waals surface area contributed by atoms with Gasteiger partial charge in [0.2, 0.25) is 11.8 Å². The number of rotatable bonds is 5. The smallest absolute Gasteiger partial charge is 0.240 e. The lowest BCUT2D eigenvalue weighted by molar-refractivity contribution is -0.0124. The quantitative estimate of drug-likeness (QED) is 0.868. The molecular weight excluding hydrogens is 246 g/mol. The van der Waals surface area contributed by atoms with Gasteiger partial charge in [-0.2, -0.15) is 4.98 Å². The number of ether oxygens (including phenoxy) is 3. The lowest BCUT2D eigenvalue weighted by Gasteiger charge is -2.33. The van der Waals surface area contributed by atoms with Gasteiger partial charge in [0.05, 0.1) is 32.1 Å². The van der Waals surface area contributed by atoms with E-state index in [4.69, 9.17) is 14.2 Å². The normalized spacial score (nSPS) is 24.2. The molecule has 0 amide bonds. The molecule has 2 unspecified atom stereocenters. The third-order valence-corrected chi connectivity index (χ3v) is 3.57. The Morgan fingerprint density at radius 1 is 1.42 bits per heavy atom. The zero-order chi connectivity index (χ0) is 13.9. The monoisotopic (exact) mass is 267 g/mol. The largest absolute Gasteiger partial charge is 0.480 e. The molecule has 2 rings (SSSR count). The second-order valence-corrected chi connectivity index (χ2v) is 4.79. The van der Waals surface area contributed by atoms with Crippen LogP contribution in [-0.2, 0) is 4.74 Å². The summed E-state index contributed by atoms with van der Waals surface area (Å²) in [6, 6.07) is -0.0663. The van der Waals surface area contributed by atoms with Gasteiger partial charge in [-0.15, -0.1) is 0 Å². The minimum Gasteiger partial charge on any atom is -0.480 e. The Kier molecular flexibility index (Phi) is 4.21. The van der Waals surface area contributed by atoms with Gasteiger partial charge in [-0.3, -0.25) is 0 Å². The third kappa shape index (κ3) is 2.64. The summed E-state index contributed by atoms with van der Waals surface area (Å²) in [5, 5.41) is 3.26. The van der Waals surface area contributed by atoms with Crippen molar-refractivity contribution in [2.75, 3.05) is 27.9 Å². The molecule has 1 aliphatic rings. The highest BCUT2D eigenvalue weighted by atomic mass is 16.5. The van der Waals surface area contributed by atoms with E-state index in [0.717, 1.165) is 25.1 Å². The molecule has 0 spiro atoms. The number of hydrogen-bond acceptors (Lipinski definition) is 6. The maximum Gasteiger partial charge on any atom is 0.240 e. The molecule has 6 heteroatoms. The van der Waals surface area contributed by atoms with Crippen molar-refractivity contribution in [2.45, 2.75) is 31.4 Å². The van der Waals surface area contributed by atoms with Crippen molar-refractivity contribution < 1.29 is 14.2 Å². The summed E-state index contributed by atoms with van der Waals surface area (Å²) < 4.78 is 16.3. The highest BCUT2D eigenvalue weighted by Crippen LogP contribution is 2.39. The van der Waals surface area contributed by atoms with Crippen LogP contribution in [0.4, 0.5) is 0 Å². The second kappa shape index (κ2) is 5.71. The van der Waals surface area contributed by atoms with Crippen LogP contribution >= 0.6 is 0 Å². The molecular formula is C13H21N3O3. The summed E-state index contributed by atoms with van der Waals surface area (Å²) in [7, 11) is 5.03. The molecule has 1 N–H and O–H groups in total. The Bertz CT molecular complexity index is 433. The van der Waals surface area contributed by atoms with Crippen molar-refractivity contribution in [2.24, 2.45) is 0 Å². The fraction of sp³-hybridized carbons (Fsp3) is 0.692. The van der Waals surface area contributed by atoms with Crippen LogP contribution in [-0.4, -0.2) is 43.4 Å². The Morgan fingerprint density at radius 3 is 2.74 bits per heavy atom. The van der Waals surface area contributed by atoms with Crippen molar-refractivity contribution >= 4 is 0 Å². The topological polar surface area (TPSA) is 65.5 Å². The third-order valence-electron chi connectivity index (χ3n) is 3.57. The summed E-state index contributed by atoms with van der Waals surface area (Å²) >= 11 is 0. The van der Waals surface area contributed by atoms with Crippen LogP contribution in [0, 0.1) is 0 Å². The van der Waals surface area contributed by atoms with Crippen LogP contribution in [0.15, 0.2) is 6.20 Å². The standard InChI is InChI=1S/C13H21N3O3/c1-13(6-5-7-19-13)11(14-2)10-12(18-4)16-9(17-3)8-15-10/h8,11,14H,5-7H2,1-4H3. The first-order valence-corrected chi connectivity index (χ1v) is 6.40. The molecule has 1 aromatic rings. The fourth-order valence-corrected chi connectivity index (χ4v) is 2.57. The Hall–Kier alpha value is -1.40. The first-order chi connectivity index (χ1) is 9.14. The molecule has 0 aromatic carbocycles. The summed E-state index contributed by atoms with van der Waals surface area (Å²) in [6.45, 7) is 2.87. The summed E-state index contributed by atoms with van der Waals surface area (Å²) in [6.07, 6.45) is 3.64. The number of likely N-dealkylation sites (N-methyl/N-ethyl adjacent to an activating group) is 1. The number of methoxy groups -OCH3 is 2. The second-order valence-electron chi connectivity index (χ2n) is 4.79. The molecule has 19 heavy (non-hydrogen) atoms. The van der Waals surface area contributed by atoms with Crippen LogP contribution < -0.4 is 14.8 Å². The van der Waals surface area contributed by atoms with Gasteiger partial charge >= 0.3 is 0 Å². The minimum absolute atomic E-state index is 0.0663. The maximum atomic E-state index is 5.89. The first-order valence-electron chi connectivity index (χ1n) is 6.40. The van der Waals surface area contributed by atoms with E-state index in [1.54, 1.807) is 20.4 Å². The van der Waals surface area contributed by atoms with Crippen LogP contribution in [0.1, 0.15) is 31.5 Å². The van der Waals surface area contributed by atoms with E-state index in [2.05, 4.69) is 22.2 Å². The van der Waals surface area contributed by atoms with Crippen LogP contribution in [0.25, 0.3) is 0 Å². The van der Waals surface area contributed by atoms with E-state index in [1.807, 2.05) is 7.05 Å². The number of nitrogens with zero attached hydrogens (tertiary/aromatic N) is 2. The van der Waals surface area contributed by atoms with Crippen LogP contribution in [0.5, 0.6) is 11.8 Å². The summed E-state index contributed by atoms with van der Waals surface area (Å²) in [5.74, 6) is 0.906. The molecule has 1 aromatic heterocycles. The zero-order valence-electron chi connectivity index (χ0n) is 11.9. The van der Waals surface area contributed by atoms with Gasteiger partial charge in [0.15, 0.2) is 0 Å². The van der Waals surface area contributed by atoms with Gasteiger partial charge in [0.25, 0.3) is 0 Å². The minimum atomic E-state index is -0.286. The van der Waals surface area contributed by atoms with Crippen molar-refractivity contribution in [3.05, 3.63) is 11.9 Å². The predicted molar refractivity (Wildman–Crippen MR) is 70.5 cm³/mol. The molecule has 1 saturated heterocycles. The molecule has 2 heterocycles. The predicted octanol–water partition coefficient (Wildman–Crippen LogP) is 1.32. The van der Waals surface area contributed by atoms with Crippen molar-refractivity contribution in [3.8, 4) is 11.8 Å². The lowest BCUT2D eigenvalue weighted by Crippen LogP contribution is -2.40. The molecule has 6 nitrogen and oxygen atoms in total. The number of aromatic nitrogens is 2. The molecule has 1 fully saturated rings. The van der Waals surface area contributed by atoms with Gasteiger partial charge in [0.1, 0.15) is 5.69 Å². The maximum absolute atomic E-state index is 5.89. The van der Waals surface area contributed by atoms with Crippen molar-refractivity contribution in [1.82, 2.24) is 15.3 Å². The van der Waals surface area contributed by atoms with E-state index in [9.17, 15) is 0 Å². The number of nitrogens with one attached hydrogen (secondary N) is 1. The van der Waals surface area contributed by atoms with Crippen LogP contribution in [0.2, 0.25) is 0 Å². The SMILES string of the molecule is CNC(c1ncc(OC)nc1OC)C1(C)CCCO1. The molecule has 0 bridgehead atoms. The fourth-order valence-electron chi connectivity index (χ4n) is 2.57. The lowest BCUT2D eigenvalue weighted by atomic mass is 9.90. The summed E-state index contributed by atoms with van der Waals surface area (Å²) in [4.78, 5) is 8.70. The first kappa shape index (κ1) is 14.0. The van der Waals surface area contributed by atoms with Gasteiger partial charge in [-0.05, 0) is 26.8 Å². The van der Waals surface area contributed by atoms with Gasteiger partial charge < -0.3 is 19.5 Å². The average molecular weight is 267 g/mol. The van der Waals surface area contributed by atoms with Gasteiger partial charge in [-0.1, -0.05) is 0 Å². The van der Waals surface area contributed by atoms with E-state index in [1.165, 1.54) is 0 Å². The molecule has 0 aliphatic carbocycles. The highest BCUT2D eigenvalue weighted by molar-refractivity contribution is 5.28. The Balaban J connectivity index is 2.37.